The molecule has 7 nitrogen and oxygen atoms in total. The highest BCUT2D eigenvalue weighted by Crippen LogP contribution is 2.39. The molecule has 22 heavy (non-hydrogen) atoms. The SMILES string of the molecule is CN(C)S(C)(=O)=NS(=O)(=O)N1CC(CCN)c2ccccc21. The van der Waals surface area contributed by atoms with Gasteiger partial charge in [-0.2, -0.15) is 8.42 Å². The minimum atomic E-state index is -4.03. The van der Waals surface area contributed by atoms with Crippen LogP contribution in [0, 0.1) is 0 Å². The Hall–Kier alpha value is -1.16. The van der Waals surface area contributed by atoms with Crippen molar-refractivity contribution in [1.82, 2.24) is 4.31 Å². The Balaban J connectivity index is 2.48. The first kappa shape index (κ1) is 17.2. The molecule has 0 fully saturated rings. The first-order valence-corrected chi connectivity index (χ1v) is 10.2. The van der Waals surface area contributed by atoms with Gasteiger partial charge in [0.2, 0.25) is 0 Å². The number of hydrogen-bond acceptors (Lipinski definition) is 4. The van der Waals surface area contributed by atoms with Crippen LogP contribution in [0.3, 0.4) is 0 Å². The summed E-state index contributed by atoms with van der Waals surface area (Å²) in [5.41, 5.74) is 7.16. The van der Waals surface area contributed by atoms with Gasteiger partial charge >= 0.3 is 10.2 Å². The van der Waals surface area contributed by atoms with Gasteiger partial charge in [0.05, 0.1) is 5.69 Å². The van der Waals surface area contributed by atoms with Gasteiger partial charge in [-0.1, -0.05) is 22.0 Å². The highest BCUT2D eigenvalue weighted by atomic mass is 32.3. The Morgan fingerprint density at radius 3 is 2.55 bits per heavy atom. The smallest absolute Gasteiger partial charge is 0.330 e. The molecule has 0 spiro atoms. The Kier molecular flexibility index (Phi) is 4.81. The van der Waals surface area contributed by atoms with Crippen molar-refractivity contribution in [2.75, 3.05) is 37.7 Å². The van der Waals surface area contributed by atoms with Crippen molar-refractivity contribution in [2.24, 2.45) is 9.50 Å². The van der Waals surface area contributed by atoms with Crippen molar-refractivity contribution >= 4 is 25.8 Å². The number of hydrogen-bond donors (Lipinski definition) is 1. The molecule has 2 N–H and O–H groups in total. The predicted octanol–water partition coefficient (Wildman–Crippen LogP) is 0.758. The predicted molar refractivity (Wildman–Crippen MR) is 89.3 cm³/mol. The van der Waals surface area contributed by atoms with Crippen molar-refractivity contribution < 1.29 is 12.6 Å². The quantitative estimate of drug-likeness (QED) is 0.851. The van der Waals surface area contributed by atoms with E-state index in [2.05, 4.69) is 3.77 Å². The molecule has 2 rings (SSSR count). The summed E-state index contributed by atoms with van der Waals surface area (Å²) in [6.07, 6.45) is 2.00. The van der Waals surface area contributed by atoms with E-state index in [1.807, 2.05) is 12.1 Å². The van der Waals surface area contributed by atoms with E-state index < -0.39 is 20.1 Å². The molecule has 1 aromatic carbocycles. The molecule has 0 saturated carbocycles. The summed E-state index contributed by atoms with van der Waals surface area (Å²) in [7, 11) is -3.92. The molecule has 0 bridgehead atoms. The Bertz CT molecular complexity index is 767. The standard InChI is InChI=1S/C13H22N4O3S2/c1-16(2)21(3,18)15-22(19,20)17-10-11(8-9-14)12-6-4-5-7-13(12)17/h4-7,11H,8-10,14H2,1-3H3. The Labute approximate surface area is 132 Å². The van der Waals surface area contributed by atoms with Gasteiger partial charge in [-0.15, -0.1) is 0 Å². The van der Waals surface area contributed by atoms with Crippen molar-refractivity contribution in [3.8, 4) is 0 Å². The van der Waals surface area contributed by atoms with Crippen LogP contribution in [0.15, 0.2) is 28.0 Å². The van der Waals surface area contributed by atoms with Crippen LogP contribution in [0.5, 0.6) is 0 Å². The van der Waals surface area contributed by atoms with Crippen LogP contribution in [-0.2, 0) is 20.1 Å². The summed E-state index contributed by atoms with van der Waals surface area (Å²) in [6.45, 7) is 0.761. The van der Waals surface area contributed by atoms with Gasteiger partial charge in [0.1, 0.15) is 9.92 Å². The third-order valence-electron chi connectivity index (χ3n) is 3.74. The fraction of sp³-hybridized carbons (Fsp3) is 0.538. The van der Waals surface area contributed by atoms with E-state index in [1.54, 1.807) is 12.1 Å². The van der Waals surface area contributed by atoms with Gasteiger partial charge in [-0.05, 0) is 24.6 Å². The van der Waals surface area contributed by atoms with E-state index in [-0.39, 0.29) is 12.5 Å². The maximum Gasteiger partial charge on any atom is 0.353 e. The van der Waals surface area contributed by atoms with E-state index in [0.29, 0.717) is 18.7 Å². The fourth-order valence-electron chi connectivity index (χ4n) is 2.40. The summed E-state index contributed by atoms with van der Waals surface area (Å²) in [5.74, 6) is 0.0402. The van der Waals surface area contributed by atoms with Gasteiger partial charge in [-0.3, -0.25) is 4.31 Å². The molecule has 0 aromatic heterocycles. The zero-order valence-electron chi connectivity index (χ0n) is 13.0. The van der Waals surface area contributed by atoms with Crippen molar-refractivity contribution in [3.63, 3.8) is 0 Å². The fourth-order valence-corrected chi connectivity index (χ4v) is 5.44. The maximum absolute atomic E-state index is 12.6. The molecule has 0 amide bonds. The van der Waals surface area contributed by atoms with Gasteiger partial charge in [0.25, 0.3) is 0 Å². The summed E-state index contributed by atoms with van der Waals surface area (Å²) in [5, 5.41) is 0. The van der Waals surface area contributed by atoms with Crippen LogP contribution in [0.25, 0.3) is 0 Å². The highest BCUT2D eigenvalue weighted by Gasteiger charge is 2.35. The first-order valence-electron chi connectivity index (χ1n) is 6.91. The zero-order chi connectivity index (χ0) is 16.5. The largest absolute Gasteiger partial charge is 0.353 e. The summed E-state index contributed by atoms with van der Waals surface area (Å²) < 4.78 is 43.7. The molecule has 0 aliphatic carbocycles. The van der Waals surface area contributed by atoms with Gasteiger partial charge in [-0.25, -0.2) is 8.51 Å². The Morgan fingerprint density at radius 1 is 1.32 bits per heavy atom. The third-order valence-corrected chi connectivity index (χ3v) is 7.85. The van der Waals surface area contributed by atoms with E-state index in [0.717, 1.165) is 5.56 Å². The molecule has 1 aromatic rings. The van der Waals surface area contributed by atoms with Crippen LogP contribution >= 0.6 is 0 Å². The molecule has 9 heteroatoms. The number of nitrogens with zero attached hydrogens (tertiary/aromatic N) is 3. The average molecular weight is 346 g/mol. The lowest BCUT2D eigenvalue weighted by molar-refractivity contribution is 0.582. The minimum Gasteiger partial charge on any atom is -0.330 e. The molecule has 2 unspecified atom stereocenters. The second-order valence-electron chi connectivity index (χ2n) is 5.49. The molecular weight excluding hydrogens is 324 g/mol. The molecule has 0 radical (unpaired) electrons. The van der Waals surface area contributed by atoms with E-state index in [4.69, 9.17) is 5.73 Å². The Morgan fingerprint density at radius 2 is 1.95 bits per heavy atom. The van der Waals surface area contributed by atoms with E-state index in [9.17, 15) is 12.6 Å². The number of benzene rings is 1. The van der Waals surface area contributed by atoms with Crippen LogP contribution in [0.4, 0.5) is 5.69 Å². The summed E-state index contributed by atoms with van der Waals surface area (Å²) in [4.78, 5) is 0. The van der Waals surface area contributed by atoms with Crippen LogP contribution < -0.4 is 10.0 Å². The molecule has 0 saturated heterocycles. The molecule has 1 heterocycles. The summed E-state index contributed by atoms with van der Waals surface area (Å²) >= 11 is 0. The average Bonchev–Trinajstić information content (AvgIpc) is 2.78. The molecule has 1 aliphatic heterocycles. The van der Waals surface area contributed by atoms with E-state index >= 15 is 0 Å². The van der Waals surface area contributed by atoms with Crippen molar-refractivity contribution in [1.29, 1.82) is 0 Å². The lowest BCUT2D eigenvalue weighted by atomic mass is 9.98. The van der Waals surface area contributed by atoms with Crippen molar-refractivity contribution in [3.05, 3.63) is 29.8 Å². The molecular formula is C13H22N4O3S2. The van der Waals surface area contributed by atoms with Crippen LogP contribution in [0.2, 0.25) is 0 Å². The lowest BCUT2D eigenvalue weighted by Crippen LogP contribution is -2.31. The topological polar surface area (TPSA) is 96.1 Å². The lowest BCUT2D eigenvalue weighted by Gasteiger charge is -2.19. The highest BCUT2D eigenvalue weighted by molar-refractivity contribution is 8.02. The molecule has 124 valence electrons. The van der Waals surface area contributed by atoms with Gasteiger partial charge in [0.15, 0.2) is 0 Å². The second kappa shape index (κ2) is 6.15. The maximum atomic E-state index is 12.6. The van der Waals surface area contributed by atoms with Crippen molar-refractivity contribution in [2.45, 2.75) is 12.3 Å². The number of rotatable bonds is 5. The number of nitrogens with two attached hydrogens (primary N) is 1. The monoisotopic (exact) mass is 346 g/mol. The van der Waals surface area contributed by atoms with E-state index in [1.165, 1.54) is 29.0 Å². The number of para-hydroxylation sites is 1. The minimum absolute atomic E-state index is 0.0402. The van der Waals surface area contributed by atoms with Gasteiger partial charge in [0, 0.05) is 32.8 Å². The second-order valence-corrected chi connectivity index (χ2v) is 9.68. The molecule has 2 atom stereocenters. The normalized spacial score (nSPS) is 20.8. The first-order chi connectivity index (χ1) is 10.2. The summed E-state index contributed by atoms with van der Waals surface area (Å²) in [6, 6.07) is 7.30. The van der Waals surface area contributed by atoms with Crippen LogP contribution in [-0.4, -0.2) is 50.4 Å². The number of anilines is 1. The number of fused-ring (bicyclic) bond motifs is 1. The third kappa shape index (κ3) is 3.27. The zero-order valence-corrected chi connectivity index (χ0v) is 14.6. The van der Waals surface area contributed by atoms with Gasteiger partial charge < -0.3 is 5.73 Å². The molecule has 1 aliphatic rings. The van der Waals surface area contributed by atoms with Crippen LogP contribution in [0.1, 0.15) is 17.9 Å².